The molecule has 18 heteroatoms. The molecule has 0 unspecified atom stereocenters. The van der Waals surface area contributed by atoms with E-state index >= 15 is 0 Å². The third kappa shape index (κ3) is 7.16. The summed E-state index contributed by atoms with van der Waals surface area (Å²) in [6, 6.07) is 14.5. The summed E-state index contributed by atoms with van der Waals surface area (Å²) in [5.41, 5.74) is -0.0251. The van der Waals surface area contributed by atoms with E-state index < -0.39 is 32.2 Å². The number of phenolic OH excluding ortho intramolecular Hbond substituents is 4. The summed E-state index contributed by atoms with van der Waals surface area (Å²) in [6.45, 7) is -0.777. The van der Waals surface area contributed by atoms with Crippen molar-refractivity contribution in [3.63, 3.8) is 0 Å². The van der Waals surface area contributed by atoms with Gasteiger partial charge in [-0.25, -0.2) is 18.1 Å². The molecule has 2 fully saturated rings. The van der Waals surface area contributed by atoms with Gasteiger partial charge in [-0.15, -0.1) is 0 Å². The van der Waals surface area contributed by atoms with Gasteiger partial charge in [0.05, 0.1) is 11.4 Å². The van der Waals surface area contributed by atoms with E-state index in [9.17, 15) is 46.9 Å². The zero-order valence-electron chi connectivity index (χ0n) is 22.1. The second-order valence-electron chi connectivity index (χ2n) is 8.82. The van der Waals surface area contributed by atoms with Crippen LogP contribution in [0, 0.1) is 0 Å². The van der Waals surface area contributed by atoms with Crippen LogP contribution in [0.25, 0.3) is 21.5 Å². The van der Waals surface area contributed by atoms with Crippen LogP contribution in [-0.2, 0) is 30.0 Å². The monoisotopic (exact) mass is 666 g/mol. The first-order valence-corrected chi connectivity index (χ1v) is 14.2. The minimum atomic E-state index is -3.98. The molecule has 0 aliphatic carbocycles. The number of anilines is 2. The van der Waals surface area contributed by atoms with Gasteiger partial charge in [-0.3, -0.25) is 9.59 Å². The predicted octanol–water partition coefficient (Wildman–Crippen LogP) is 0.102. The van der Waals surface area contributed by atoms with E-state index in [1.54, 1.807) is 12.1 Å². The molecule has 2 aliphatic heterocycles. The van der Waals surface area contributed by atoms with Crippen LogP contribution in [0.15, 0.2) is 60.7 Å². The summed E-state index contributed by atoms with van der Waals surface area (Å²) in [6.07, 6.45) is 0. The Labute approximate surface area is 324 Å². The Morgan fingerprint density at radius 2 is 0.905 bits per heavy atom. The van der Waals surface area contributed by atoms with Gasteiger partial charge < -0.3 is 20.4 Å². The number of rotatable bonds is 2. The number of nitrogens with zero attached hydrogens (tertiary/aromatic N) is 2. The van der Waals surface area contributed by atoms with Crippen molar-refractivity contribution >= 4 is 168 Å². The van der Waals surface area contributed by atoms with Crippen molar-refractivity contribution in [2.24, 2.45) is 0 Å². The normalized spacial score (nSPS) is 16.6. The fourth-order valence-corrected chi connectivity index (χ4v) is 6.55. The third-order valence-corrected chi connectivity index (χ3v) is 8.80. The maximum atomic E-state index is 11.8. The van der Waals surface area contributed by atoms with Crippen molar-refractivity contribution in [1.82, 2.24) is 9.44 Å². The topological polar surface area (TPSA) is 214 Å². The Hall–Kier alpha value is -1.69. The van der Waals surface area contributed by atoms with E-state index in [0.29, 0.717) is 21.5 Å². The predicted molar refractivity (Wildman–Crippen MR) is 155 cm³/mol. The zero-order chi connectivity index (χ0) is 29.0. The number of carbonyl (C=O) groups excluding carboxylic acids is 2. The molecule has 4 aromatic rings. The Bertz CT molecular complexity index is 1820. The molecule has 2 heterocycles. The number of fused-ring (bicyclic) bond motifs is 2. The smallest absolute Gasteiger partial charge is 0.326 e. The zero-order valence-corrected chi connectivity index (χ0v) is 30.0. The van der Waals surface area contributed by atoms with Gasteiger partial charge in [-0.1, -0.05) is 12.1 Å². The van der Waals surface area contributed by atoms with Crippen molar-refractivity contribution in [2.45, 2.75) is 0 Å². The summed E-state index contributed by atoms with van der Waals surface area (Å²) in [5, 5.41) is 41.2. The van der Waals surface area contributed by atoms with Crippen molar-refractivity contribution in [3.8, 4) is 23.0 Å². The number of hydrogen-bond donors (Lipinski definition) is 6. The van der Waals surface area contributed by atoms with Gasteiger partial charge in [0.15, 0.2) is 0 Å². The van der Waals surface area contributed by atoms with E-state index in [2.05, 4.69) is 0 Å². The molecule has 0 saturated carbocycles. The van der Waals surface area contributed by atoms with Crippen LogP contribution in [0.1, 0.15) is 0 Å². The number of amides is 2. The number of carbonyl (C=O) groups is 2. The molecular weight excluding hydrogens is 647 g/mol. The van der Waals surface area contributed by atoms with Crippen LogP contribution in [0.5, 0.6) is 23.0 Å². The number of benzene rings is 4. The van der Waals surface area contributed by atoms with Gasteiger partial charge >= 0.3 is 20.4 Å². The van der Waals surface area contributed by atoms with E-state index in [4.69, 9.17) is 0 Å². The number of phenols is 4. The largest absolute Gasteiger partial charge is 0.508 e. The fourth-order valence-electron chi connectivity index (χ4n) is 4.24. The summed E-state index contributed by atoms with van der Waals surface area (Å²) >= 11 is 0. The second-order valence-corrected chi connectivity index (χ2v) is 12.0. The Kier molecular flexibility index (Phi) is 10.9. The molecule has 0 bridgehead atoms. The van der Waals surface area contributed by atoms with E-state index in [1.807, 2.05) is 9.44 Å². The van der Waals surface area contributed by atoms with Gasteiger partial charge in [0.2, 0.25) is 0 Å². The molecular formula is C24H20K2N4O10S2. The molecule has 2 amide bonds. The molecule has 4 aromatic carbocycles. The quantitative estimate of drug-likeness (QED) is 0.159. The SMILES string of the molecule is O=C1CN(c2cc3cc(O)ccc3cc2O)S(=O)(=O)N1.O=C1CN(c2cc3cc(O)ccc3cc2O)S(=O)(=O)N1.[K].[K]. The Morgan fingerprint density at radius 3 is 1.21 bits per heavy atom. The van der Waals surface area contributed by atoms with Gasteiger partial charge in [-0.05, 0) is 70.1 Å². The summed E-state index contributed by atoms with van der Waals surface area (Å²) in [7, 11) is -7.96. The van der Waals surface area contributed by atoms with Crippen LogP contribution in [0.3, 0.4) is 0 Å². The first-order valence-electron chi connectivity index (χ1n) is 11.3. The summed E-state index contributed by atoms with van der Waals surface area (Å²) in [4.78, 5) is 22.4. The molecule has 6 rings (SSSR count). The number of hydrogen-bond acceptors (Lipinski definition) is 10. The average Bonchev–Trinajstić information content (AvgIpc) is 3.29. The standard InChI is InChI=1S/2C12H10N2O5S.2K/c2*15-9-2-1-7-5-11(16)10(4-8(7)3-9)14-6-12(17)13-20(14,18)19;;/h2*1-5,15-16H,6H2,(H,13,17);;. The Morgan fingerprint density at radius 1 is 0.548 bits per heavy atom. The molecule has 42 heavy (non-hydrogen) atoms. The van der Waals surface area contributed by atoms with E-state index in [0.717, 1.165) is 8.61 Å². The van der Waals surface area contributed by atoms with Gasteiger partial charge in [0, 0.05) is 103 Å². The maximum absolute atomic E-state index is 11.8. The molecule has 0 spiro atoms. The maximum Gasteiger partial charge on any atom is 0.326 e. The van der Waals surface area contributed by atoms with Crippen LogP contribution >= 0.6 is 0 Å². The average molecular weight is 667 g/mol. The van der Waals surface area contributed by atoms with Crippen LogP contribution in [0.4, 0.5) is 11.4 Å². The van der Waals surface area contributed by atoms with Gasteiger partial charge in [0.1, 0.15) is 36.1 Å². The molecule has 0 atom stereocenters. The van der Waals surface area contributed by atoms with Crippen molar-refractivity contribution in [2.75, 3.05) is 21.7 Å². The molecule has 14 nitrogen and oxygen atoms in total. The van der Waals surface area contributed by atoms with E-state index in [-0.39, 0.29) is 150 Å². The minimum absolute atomic E-state index is 0. The van der Waals surface area contributed by atoms with Crippen LogP contribution in [-0.4, -0.2) is 165 Å². The van der Waals surface area contributed by atoms with Crippen molar-refractivity contribution < 1.29 is 46.9 Å². The number of aromatic hydroxyl groups is 4. The minimum Gasteiger partial charge on any atom is -0.508 e. The van der Waals surface area contributed by atoms with E-state index in [1.165, 1.54) is 48.5 Å². The molecule has 2 aliphatic rings. The number of nitrogens with one attached hydrogen (secondary N) is 2. The molecule has 210 valence electrons. The molecule has 0 aromatic heterocycles. The van der Waals surface area contributed by atoms with Gasteiger partial charge in [0.25, 0.3) is 11.8 Å². The Balaban J connectivity index is 0.000000220. The van der Waals surface area contributed by atoms with Crippen LogP contribution < -0.4 is 18.1 Å². The first-order chi connectivity index (χ1) is 18.7. The third-order valence-electron chi connectivity index (χ3n) is 6.01. The summed E-state index contributed by atoms with van der Waals surface area (Å²) in [5.74, 6) is -1.81. The molecule has 6 N–H and O–H groups in total. The molecule has 2 radical (unpaired) electrons. The van der Waals surface area contributed by atoms with Crippen LogP contribution in [0.2, 0.25) is 0 Å². The first kappa shape index (κ1) is 34.8. The van der Waals surface area contributed by atoms with Crippen molar-refractivity contribution in [1.29, 1.82) is 0 Å². The second kappa shape index (κ2) is 13.1. The van der Waals surface area contributed by atoms with Gasteiger partial charge in [-0.2, -0.15) is 16.8 Å². The molecule has 2 saturated heterocycles. The summed E-state index contributed by atoms with van der Waals surface area (Å²) < 4.78 is 52.3. The van der Waals surface area contributed by atoms with Crippen molar-refractivity contribution in [3.05, 3.63) is 60.7 Å². The fraction of sp³-hybridized carbons (Fsp3) is 0.0833.